The van der Waals surface area contributed by atoms with Crippen LogP contribution < -0.4 is 38.1 Å². The van der Waals surface area contributed by atoms with Crippen molar-refractivity contribution in [2.75, 3.05) is 33.2 Å². The molecule has 1 unspecified atom stereocenters. The number of likely N-dealkylation sites (N-methyl/N-ethyl adjacent to an activating group) is 1. The molecule has 2 aromatic carbocycles. The number of hydrogen-bond donors (Lipinski definition) is 11. The number of benzene rings is 2. The lowest BCUT2D eigenvalue weighted by Crippen LogP contribution is -2.59. The summed E-state index contributed by atoms with van der Waals surface area (Å²) in [5.74, 6) is -3.17. The maximum Gasteiger partial charge on any atom is 0.408 e. The predicted octanol–water partition coefficient (Wildman–Crippen LogP) is -0.959. The number of phenols is 1. The minimum Gasteiger partial charge on any atom is -0.508 e. The SMILES string of the molecule is CN1C(=O)[C@H](C[C@@H](O)CNC(=O)O)NC(=O)[C@@H](NC(=O)OC(C)(C)C)Cc2cc(ccc2O)-c2cccc(c2)C[C@H]1C(=O)NCC(O)CNC(=O)[C@@H](N)CCCN. The zero-order valence-electron chi connectivity index (χ0n) is 32.6. The normalized spacial score (nSPS) is 19.1. The number of aliphatic hydroxyl groups excluding tert-OH is 2. The summed E-state index contributed by atoms with van der Waals surface area (Å²) in [5, 5.41) is 53.5. The average Bonchev–Trinajstić information content (AvgIpc) is 3.14. The largest absolute Gasteiger partial charge is 0.508 e. The zero-order chi connectivity index (χ0) is 42.4. The third kappa shape index (κ3) is 14.8. The Hall–Kier alpha value is -5.50. The van der Waals surface area contributed by atoms with Gasteiger partial charge in [0.2, 0.25) is 23.6 Å². The number of rotatable bonds is 14. The summed E-state index contributed by atoms with van der Waals surface area (Å²) in [6, 6.07) is 6.65. The Morgan fingerprint density at radius 3 is 2.30 bits per heavy atom. The van der Waals surface area contributed by atoms with Crippen LogP contribution in [0.4, 0.5) is 9.59 Å². The predicted molar refractivity (Wildman–Crippen MR) is 208 cm³/mol. The van der Waals surface area contributed by atoms with Crippen LogP contribution in [0.25, 0.3) is 11.1 Å². The lowest BCUT2D eigenvalue weighted by atomic mass is 9.95. The first kappa shape index (κ1) is 45.9. The molecule has 57 heavy (non-hydrogen) atoms. The molecule has 314 valence electrons. The lowest BCUT2D eigenvalue weighted by molar-refractivity contribution is -0.142. The molecule has 3 rings (SSSR count). The summed E-state index contributed by atoms with van der Waals surface area (Å²) < 4.78 is 5.38. The van der Waals surface area contributed by atoms with Gasteiger partial charge in [0.25, 0.3) is 0 Å². The number of carbonyl (C=O) groups is 6. The molecule has 0 fully saturated rings. The first-order valence-electron chi connectivity index (χ1n) is 18.6. The van der Waals surface area contributed by atoms with Crippen molar-refractivity contribution < 1.29 is 53.9 Å². The molecule has 1 heterocycles. The van der Waals surface area contributed by atoms with E-state index in [0.717, 1.165) is 4.90 Å². The summed E-state index contributed by atoms with van der Waals surface area (Å²) in [5.41, 5.74) is 12.5. The maximum atomic E-state index is 14.3. The van der Waals surface area contributed by atoms with Crippen LogP contribution in [0.15, 0.2) is 42.5 Å². The molecule has 0 aliphatic carbocycles. The Kier molecular flexibility index (Phi) is 17.0. The fraction of sp³-hybridized carbons (Fsp3) is 0.526. The van der Waals surface area contributed by atoms with Crippen molar-refractivity contribution >= 4 is 35.8 Å². The van der Waals surface area contributed by atoms with Gasteiger partial charge < -0.3 is 68.1 Å². The van der Waals surface area contributed by atoms with E-state index in [9.17, 15) is 44.1 Å². The molecule has 19 heteroatoms. The highest BCUT2D eigenvalue weighted by Crippen LogP contribution is 2.29. The number of alkyl carbamates (subject to hydrolysis) is 1. The molecular formula is C38H56N8O11. The van der Waals surface area contributed by atoms with E-state index in [1.165, 1.54) is 13.1 Å². The molecule has 1 aliphatic rings. The fourth-order valence-electron chi connectivity index (χ4n) is 5.99. The molecule has 0 saturated carbocycles. The number of amides is 6. The number of aliphatic hydroxyl groups is 2. The molecule has 13 N–H and O–H groups in total. The number of ether oxygens (including phenoxy) is 1. The van der Waals surface area contributed by atoms with E-state index in [0.29, 0.717) is 36.1 Å². The monoisotopic (exact) mass is 800 g/mol. The summed E-state index contributed by atoms with van der Waals surface area (Å²) in [6.45, 7) is 4.15. The van der Waals surface area contributed by atoms with Gasteiger partial charge in [0.1, 0.15) is 29.5 Å². The second kappa shape index (κ2) is 21.1. The van der Waals surface area contributed by atoms with Gasteiger partial charge in [0.05, 0.1) is 18.2 Å². The third-order valence-electron chi connectivity index (χ3n) is 9.01. The van der Waals surface area contributed by atoms with Crippen LogP contribution in [0.1, 0.15) is 51.2 Å². The van der Waals surface area contributed by atoms with E-state index in [1.54, 1.807) is 57.2 Å². The Morgan fingerprint density at radius 2 is 1.63 bits per heavy atom. The minimum atomic E-state index is -1.58. The van der Waals surface area contributed by atoms with E-state index >= 15 is 0 Å². The van der Waals surface area contributed by atoms with Crippen LogP contribution in [-0.4, -0.2) is 136 Å². The molecule has 0 aromatic heterocycles. The van der Waals surface area contributed by atoms with Gasteiger partial charge >= 0.3 is 12.2 Å². The summed E-state index contributed by atoms with van der Waals surface area (Å²) in [7, 11) is 1.31. The van der Waals surface area contributed by atoms with Crippen LogP contribution in [0.2, 0.25) is 0 Å². The number of fused-ring (bicyclic) bond motifs is 5. The number of hydrogen-bond acceptors (Lipinski definition) is 12. The average molecular weight is 801 g/mol. The number of nitrogens with zero attached hydrogens (tertiary/aromatic N) is 1. The number of aromatic hydroxyl groups is 1. The van der Waals surface area contributed by atoms with Crippen molar-refractivity contribution in [2.24, 2.45) is 11.5 Å². The Labute approximate surface area is 330 Å². The van der Waals surface area contributed by atoms with E-state index in [4.69, 9.17) is 21.3 Å². The smallest absolute Gasteiger partial charge is 0.408 e. The summed E-state index contributed by atoms with van der Waals surface area (Å²) in [4.78, 5) is 79.8. The molecule has 6 atom stereocenters. The third-order valence-corrected chi connectivity index (χ3v) is 9.01. The Balaban J connectivity index is 2.03. The highest BCUT2D eigenvalue weighted by Gasteiger charge is 2.36. The van der Waals surface area contributed by atoms with Gasteiger partial charge in [-0.3, -0.25) is 19.2 Å². The number of carbonyl (C=O) groups excluding carboxylic acids is 5. The molecule has 4 bridgehead atoms. The van der Waals surface area contributed by atoms with Gasteiger partial charge in [-0.15, -0.1) is 0 Å². The first-order chi connectivity index (χ1) is 26.8. The Morgan fingerprint density at radius 1 is 0.965 bits per heavy atom. The van der Waals surface area contributed by atoms with E-state index < -0.39 is 90.8 Å². The van der Waals surface area contributed by atoms with Crippen molar-refractivity contribution in [2.45, 2.75) is 94.9 Å². The summed E-state index contributed by atoms with van der Waals surface area (Å²) in [6.07, 6.45) is -5.13. The standard InChI is InChI=1S/C38H56N8O11/c1-38(2,3)57-37(56)45-28-16-24-15-23(10-11-31(24)49)22-8-5-7-21(13-22)14-30(34(52)42-20-26(48)19-41-32(50)27(40)9-6-12-39)46(4)35(53)29(44-33(28)51)17-25(47)18-43-36(54)55/h5,7-8,10-11,13,15,25-30,43,47-49H,6,9,12,14,16-20,39-40H2,1-4H3,(H,41,50)(H,42,52)(H,44,51)(H,45,56)(H,54,55)/t25-,26?,27+,28+,29+,30+/m1/s1. The molecule has 6 amide bonds. The molecule has 0 radical (unpaired) electrons. The van der Waals surface area contributed by atoms with Gasteiger partial charge in [-0.05, 0) is 74.5 Å². The van der Waals surface area contributed by atoms with Crippen molar-refractivity contribution in [1.29, 1.82) is 0 Å². The van der Waals surface area contributed by atoms with Crippen LogP contribution in [0.3, 0.4) is 0 Å². The molecule has 0 saturated heterocycles. The first-order valence-corrected chi connectivity index (χ1v) is 18.6. The highest BCUT2D eigenvalue weighted by atomic mass is 16.6. The summed E-state index contributed by atoms with van der Waals surface area (Å²) >= 11 is 0. The zero-order valence-corrected chi connectivity index (χ0v) is 32.6. The van der Waals surface area contributed by atoms with Crippen LogP contribution in [0, 0.1) is 0 Å². The van der Waals surface area contributed by atoms with Gasteiger partial charge in [-0.1, -0.05) is 30.3 Å². The quantitative estimate of drug-likeness (QED) is 0.110. The Bertz CT molecular complexity index is 1740. The van der Waals surface area contributed by atoms with E-state index in [-0.39, 0.29) is 37.2 Å². The second-order valence-corrected chi connectivity index (χ2v) is 14.9. The van der Waals surface area contributed by atoms with Crippen molar-refractivity contribution in [3.8, 4) is 16.9 Å². The minimum absolute atomic E-state index is 0.0672. The molecule has 19 nitrogen and oxygen atoms in total. The van der Waals surface area contributed by atoms with Crippen LogP contribution in [-0.2, 0) is 36.8 Å². The fourth-order valence-corrected chi connectivity index (χ4v) is 5.99. The number of phenolic OH excluding ortho intramolecular Hbond substituents is 1. The second-order valence-electron chi connectivity index (χ2n) is 14.9. The van der Waals surface area contributed by atoms with Gasteiger partial charge in [-0.2, -0.15) is 0 Å². The number of nitrogens with one attached hydrogen (secondary N) is 5. The molecular weight excluding hydrogens is 744 g/mol. The topological polar surface area (TPSA) is 308 Å². The maximum absolute atomic E-state index is 14.3. The van der Waals surface area contributed by atoms with E-state index in [2.05, 4.69) is 21.3 Å². The number of carboxylic acid groups (broad SMARTS) is 1. The number of nitrogens with two attached hydrogens (primary N) is 2. The lowest BCUT2D eigenvalue weighted by Gasteiger charge is -2.32. The molecule has 2 aromatic rings. The van der Waals surface area contributed by atoms with Crippen molar-refractivity contribution in [3.05, 3.63) is 53.6 Å². The van der Waals surface area contributed by atoms with Gasteiger partial charge in [0.15, 0.2) is 0 Å². The van der Waals surface area contributed by atoms with Crippen molar-refractivity contribution in [1.82, 2.24) is 31.5 Å². The van der Waals surface area contributed by atoms with Gasteiger partial charge in [0, 0.05) is 45.9 Å². The molecule has 1 aliphatic heterocycles. The van der Waals surface area contributed by atoms with Crippen LogP contribution >= 0.6 is 0 Å². The highest BCUT2D eigenvalue weighted by molar-refractivity contribution is 5.94. The van der Waals surface area contributed by atoms with Crippen LogP contribution in [0.5, 0.6) is 5.75 Å². The van der Waals surface area contributed by atoms with Crippen molar-refractivity contribution in [3.63, 3.8) is 0 Å². The van der Waals surface area contributed by atoms with E-state index in [1.807, 2.05) is 5.32 Å². The molecule has 0 spiro atoms. The van der Waals surface area contributed by atoms with Gasteiger partial charge in [-0.25, -0.2) is 9.59 Å².